The number of nitrogens with one attached hydrogen (secondary N) is 3. The lowest BCUT2D eigenvalue weighted by Crippen LogP contribution is -2.30. The van der Waals surface area contributed by atoms with E-state index >= 15 is 0 Å². The normalized spacial score (nSPS) is 9.90. The van der Waals surface area contributed by atoms with Crippen molar-refractivity contribution in [2.45, 2.75) is 12.8 Å². The molecule has 2 aromatic rings. The number of para-hydroxylation sites is 1. The van der Waals surface area contributed by atoms with E-state index in [1.807, 2.05) is 30.3 Å². The first kappa shape index (κ1) is 14.6. The summed E-state index contributed by atoms with van der Waals surface area (Å²) in [7, 11) is 0. The first-order chi connectivity index (χ1) is 10.3. The maximum atomic E-state index is 11.6. The van der Waals surface area contributed by atoms with Crippen LogP contribution >= 0.6 is 0 Å². The van der Waals surface area contributed by atoms with Crippen molar-refractivity contribution in [1.82, 2.24) is 10.7 Å². The van der Waals surface area contributed by atoms with Crippen LogP contribution in [0.4, 0.5) is 5.69 Å². The third-order valence-corrected chi connectivity index (χ3v) is 2.73. The molecule has 1 heterocycles. The number of furan rings is 1. The summed E-state index contributed by atoms with van der Waals surface area (Å²) in [6.45, 7) is 0.415. The van der Waals surface area contributed by atoms with Crippen LogP contribution in [0.15, 0.2) is 53.1 Å². The molecule has 1 aromatic heterocycles. The molecule has 0 saturated carbocycles. The number of rotatable bonds is 7. The van der Waals surface area contributed by atoms with Crippen molar-refractivity contribution in [3.63, 3.8) is 0 Å². The molecule has 6 nitrogen and oxygen atoms in total. The lowest BCUT2D eigenvalue weighted by Gasteiger charge is -2.08. The SMILES string of the molecule is O=C(CCCNC(=O)c1ccco1)NNc1ccccc1. The Morgan fingerprint density at radius 3 is 2.57 bits per heavy atom. The van der Waals surface area contributed by atoms with Gasteiger partial charge in [-0.1, -0.05) is 18.2 Å². The summed E-state index contributed by atoms with van der Waals surface area (Å²) in [4.78, 5) is 23.1. The topological polar surface area (TPSA) is 83.4 Å². The number of amides is 2. The molecule has 0 aliphatic carbocycles. The van der Waals surface area contributed by atoms with Crippen LogP contribution in [-0.4, -0.2) is 18.4 Å². The molecule has 0 bridgehead atoms. The maximum absolute atomic E-state index is 11.6. The van der Waals surface area contributed by atoms with Crippen LogP contribution in [0.2, 0.25) is 0 Å². The van der Waals surface area contributed by atoms with Crippen LogP contribution in [0, 0.1) is 0 Å². The van der Waals surface area contributed by atoms with Gasteiger partial charge in [0.05, 0.1) is 12.0 Å². The van der Waals surface area contributed by atoms with E-state index in [4.69, 9.17) is 4.42 Å². The van der Waals surface area contributed by atoms with Crippen LogP contribution in [0.3, 0.4) is 0 Å². The van der Waals surface area contributed by atoms with E-state index in [0.29, 0.717) is 19.4 Å². The molecule has 0 fully saturated rings. The Bertz CT molecular complexity index is 567. The molecular weight excluding hydrogens is 270 g/mol. The third kappa shape index (κ3) is 5.02. The predicted molar refractivity (Wildman–Crippen MR) is 78.5 cm³/mol. The smallest absolute Gasteiger partial charge is 0.286 e. The first-order valence-corrected chi connectivity index (χ1v) is 6.67. The molecule has 0 radical (unpaired) electrons. The molecule has 0 spiro atoms. The highest BCUT2D eigenvalue weighted by molar-refractivity contribution is 5.91. The molecule has 0 atom stereocenters. The van der Waals surface area contributed by atoms with Gasteiger partial charge in [0, 0.05) is 13.0 Å². The van der Waals surface area contributed by atoms with Gasteiger partial charge in [0.15, 0.2) is 5.76 Å². The summed E-state index contributed by atoms with van der Waals surface area (Å²) in [5.41, 5.74) is 6.23. The Kier molecular flexibility index (Phi) is 5.40. The lowest BCUT2D eigenvalue weighted by molar-refractivity contribution is -0.120. The van der Waals surface area contributed by atoms with E-state index in [1.165, 1.54) is 6.26 Å². The van der Waals surface area contributed by atoms with Crippen molar-refractivity contribution in [3.8, 4) is 0 Å². The Labute approximate surface area is 122 Å². The average molecular weight is 287 g/mol. The van der Waals surface area contributed by atoms with Gasteiger partial charge in [-0.15, -0.1) is 0 Å². The van der Waals surface area contributed by atoms with E-state index in [-0.39, 0.29) is 17.6 Å². The minimum absolute atomic E-state index is 0.133. The van der Waals surface area contributed by atoms with Crippen molar-refractivity contribution >= 4 is 17.5 Å². The quantitative estimate of drug-likeness (QED) is 0.537. The summed E-state index contributed by atoms with van der Waals surface area (Å²) in [6.07, 6.45) is 2.31. The second kappa shape index (κ2) is 7.74. The molecule has 2 amide bonds. The van der Waals surface area contributed by atoms with Crippen molar-refractivity contribution in [3.05, 3.63) is 54.5 Å². The Morgan fingerprint density at radius 2 is 1.86 bits per heavy atom. The number of hydrogen-bond acceptors (Lipinski definition) is 4. The summed E-state index contributed by atoms with van der Waals surface area (Å²) in [6, 6.07) is 12.6. The number of benzene rings is 1. The van der Waals surface area contributed by atoms with Crippen molar-refractivity contribution in [1.29, 1.82) is 0 Å². The molecular formula is C15H17N3O3. The molecule has 6 heteroatoms. The summed E-state index contributed by atoms with van der Waals surface area (Å²) in [5, 5.41) is 2.68. The highest BCUT2D eigenvalue weighted by atomic mass is 16.3. The Balaban J connectivity index is 1.58. The lowest BCUT2D eigenvalue weighted by atomic mass is 10.3. The summed E-state index contributed by atoms with van der Waals surface area (Å²) in [5.74, 6) is -0.140. The van der Waals surface area contributed by atoms with Gasteiger partial charge in [0.2, 0.25) is 5.91 Å². The van der Waals surface area contributed by atoms with E-state index in [9.17, 15) is 9.59 Å². The summed E-state index contributed by atoms with van der Waals surface area (Å²) >= 11 is 0. The monoisotopic (exact) mass is 287 g/mol. The van der Waals surface area contributed by atoms with E-state index in [1.54, 1.807) is 12.1 Å². The maximum Gasteiger partial charge on any atom is 0.286 e. The fraction of sp³-hybridized carbons (Fsp3) is 0.200. The highest BCUT2D eigenvalue weighted by Crippen LogP contribution is 2.03. The highest BCUT2D eigenvalue weighted by Gasteiger charge is 2.07. The van der Waals surface area contributed by atoms with Crippen molar-refractivity contribution < 1.29 is 14.0 Å². The molecule has 1 aromatic carbocycles. The molecule has 3 N–H and O–H groups in total. The van der Waals surface area contributed by atoms with Gasteiger partial charge in [-0.3, -0.25) is 20.4 Å². The number of hydrogen-bond donors (Lipinski definition) is 3. The first-order valence-electron chi connectivity index (χ1n) is 6.67. The zero-order chi connectivity index (χ0) is 14.9. The number of carbonyl (C=O) groups is 2. The predicted octanol–water partition coefficient (Wildman–Crippen LogP) is 1.93. The van der Waals surface area contributed by atoms with Crippen LogP contribution in [0.5, 0.6) is 0 Å². The largest absolute Gasteiger partial charge is 0.459 e. The van der Waals surface area contributed by atoms with Crippen LogP contribution in [0.1, 0.15) is 23.4 Å². The zero-order valence-electron chi connectivity index (χ0n) is 11.5. The number of hydrazine groups is 1. The number of carbonyl (C=O) groups excluding carboxylic acids is 2. The molecule has 110 valence electrons. The van der Waals surface area contributed by atoms with Crippen molar-refractivity contribution in [2.75, 3.05) is 12.0 Å². The minimum atomic E-state index is -0.275. The average Bonchev–Trinajstić information content (AvgIpc) is 3.05. The van der Waals surface area contributed by atoms with Gasteiger partial charge >= 0.3 is 0 Å². The standard InChI is InChI=1S/C15H17N3O3/c19-14(18-17-12-6-2-1-3-7-12)9-4-10-16-15(20)13-8-5-11-21-13/h1-3,5-8,11,17H,4,9-10H2,(H,16,20)(H,18,19). The number of anilines is 1. The van der Waals surface area contributed by atoms with Gasteiger partial charge < -0.3 is 9.73 Å². The fourth-order valence-corrected chi connectivity index (χ4v) is 1.67. The van der Waals surface area contributed by atoms with Crippen LogP contribution in [0.25, 0.3) is 0 Å². The van der Waals surface area contributed by atoms with Gasteiger partial charge in [-0.05, 0) is 30.7 Å². The fourth-order valence-electron chi connectivity index (χ4n) is 1.67. The van der Waals surface area contributed by atoms with Crippen LogP contribution in [-0.2, 0) is 4.79 Å². The molecule has 0 aliphatic heterocycles. The molecule has 21 heavy (non-hydrogen) atoms. The van der Waals surface area contributed by atoms with Crippen molar-refractivity contribution in [2.24, 2.45) is 0 Å². The second-order valence-corrected chi connectivity index (χ2v) is 4.38. The Hall–Kier alpha value is -2.76. The van der Waals surface area contributed by atoms with Gasteiger partial charge in [0.25, 0.3) is 5.91 Å². The van der Waals surface area contributed by atoms with E-state index < -0.39 is 0 Å². The van der Waals surface area contributed by atoms with Gasteiger partial charge in [-0.25, -0.2) is 0 Å². The summed E-state index contributed by atoms with van der Waals surface area (Å²) < 4.78 is 4.96. The van der Waals surface area contributed by atoms with E-state index in [2.05, 4.69) is 16.2 Å². The van der Waals surface area contributed by atoms with Gasteiger partial charge in [0.1, 0.15) is 0 Å². The van der Waals surface area contributed by atoms with Gasteiger partial charge in [-0.2, -0.15) is 0 Å². The molecule has 0 saturated heterocycles. The third-order valence-electron chi connectivity index (χ3n) is 2.73. The van der Waals surface area contributed by atoms with Crippen LogP contribution < -0.4 is 16.2 Å². The minimum Gasteiger partial charge on any atom is -0.459 e. The molecule has 0 unspecified atom stereocenters. The second-order valence-electron chi connectivity index (χ2n) is 4.38. The molecule has 0 aliphatic rings. The zero-order valence-corrected chi connectivity index (χ0v) is 11.5. The Morgan fingerprint density at radius 1 is 1.05 bits per heavy atom. The molecule has 2 rings (SSSR count). The van der Waals surface area contributed by atoms with E-state index in [0.717, 1.165) is 5.69 Å².